The van der Waals surface area contributed by atoms with E-state index in [9.17, 15) is 18.5 Å². The molecule has 1 rings (SSSR count). The number of hydrogen-bond acceptors (Lipinski definition) is 5. The molecule has 0 atom stereocenters. The summed E-state index contributed by atoms with van der Waals surface area (Å²) in [6.45, 7) is 3.70. The summed E-state index contributed by atoms with van der Waals surface area (Å²) in [7, 11) is 1.09. The minimum Gasteiger partial charge on any atom is -0.492 e. The van der Waals surface area contributed by atoms with Crippen molar-refractivity contribution in [3.05, 3.63) is 41.0 Å². The summed E-state index contributed by atoms with van der Waals surface area (Å²) < 4.78 is 27.8. The van der Waals surface area contributed by atoms with Gasteiger partial charge in [-0.25, -0.2) is 8.42 Å². The minimum atomic E-state index is -4.11. The number of nitro benzene ring substituents is 1. The Balaban J connectivity index is 3.17. The van der Waals surface area contributed by atoms with Crippen molar-refractivity contribution in [3.8, 4) is 5.75 Å². The van der Waals surface area contributed by atoms with Crippen molar-refractivity contribution in [2.75, 3.05) is 6.61 Å². The van der Waals surface area contributed by atoms with Crippen molar-refractivity contribution in [2.24, 2.45) is 0 Å². The molecule has 0 amide bonds. The van der Waals surface area contributed by atoms with E-state index in [0.29, 0.717) is 6.42 Å². The van der Waals surface area contributed by atoms with Gasteiger partial charge in [0.2, 0.25) is 0 Å². The van der Waals surface area contributed by atoms with Crippen molar-refractivity contribution in [2.45, 2.75) is 11.3 Å². The van der Waals surface area contributed by atoms with Crippen LogP contribution in [0.1, 0.15) is 6.42 Å². The molecular weight excluding hydrogens is 282 g/mol. The van der Waals surface area contributed by atoms with Gasteiger partial charge in [0.1, 0.15) is 10.6 Å². The third kappa shape index (κ3) is 3.71. The fourth-order valence-electron chi connectivity index (χ4n) is 1.17. The zero-order valence-electron chi connectivity index (χ0n) is 9.21. The van der Waals surface area contributed by atoms with Gasteiger partial charge in [-0.2, -0.15) is 0 Å². The van der Waals surface area contributed by atoms with Crippen LogP contribution in [0, 0.1) is 10.1 Å². The van der Waals surface area contributed by atoms with Crippen molar-refractivity contribution < 1.29 is 18.1 Å². The molecule has 0 heterocycles. The van der Waals surface area contributed by atoms with E-state index in [1.807, 2.05) is 0 Å². The number of ether oxygens (including phenoxy) is 1. The number of nitro groups is 1. The molecule has 0 unspecified atom stereocenters. The van der Waals surface area contributed by atoms with Gasteiger partial charge in [-0.15, -0.1) is 6.58 Å². The molecule has 0 aromatic heterocycles. The largest absolute Gasteiger partial charge is 0.492 e. The summed E-state index contributed by atoms with van der Waals surface area (Å²) >= 11 is 0. The summed E-state index contributed by atoms with van der Waals surface area (Å²) in [6.07, 6.45) is 2.11. The summed E-state index contributed by atoms with van der Waals surface area (Å²) in [5.41, 5.74) is -0.370. The minimum absolute atomic E-state index is 0.0162. The Labute approximate surface area is 108 Å². The normalized spacial score (nSPS) is 10.9. The number of nitrogens with zero attached hydrogens (tertiary/aromatic N) is 1. The number of benzene rings is 1. The highest BCUT2D eigenvalue weighted by Gasteiger charge is 2.21. The SMILES string of the molecule is C=CCCOc1ccc([N+](=O)[O-])cc1S(=O)(=O)Cl. The van der Waals surface area contributed by atoms with Crippen molar-refractivity contribution in [3.63, 3.8) is 0 Å². The van der Waals surface area contributed by atoms with Crippen molar-refractivity contribution >= 4 is 25.4 Å². The van der Waals surface area contributed by atoms with Gasteiger partial charge in [0, 0.05) is 22.8 Å². The molecule has 0 aliphatic carbocycles. The molecule has 1 aromatic carbocycles. The summed E-state index contributed by atoms with van der Waals surface area (Å²) in [4.78, 5) is 9.44. The highest BCUT2D eigenvalue weighted by atomic mass is 35.7. The van der Waals surface area contributed by atoms with Crippen LogP contribution in [0.25, 0.3) is 0 Å². The fraction of sp³-hybridized carbons (Fsp3) is 0.200. The van der Waals surface area contributed by atoms with Gasteiger partial charge in [0.25, 0.3) is 14.7 Å². The van der Waals surface area contributed by atoms with Crippen LogP contribution in [0.4, 0.5) is 5.69 Å². The standard InChI is InChI=1S/C10H10ClNO5S/c1-2-3-6-17-9-5-4-8(12(13)14)7-10(9)18(11,15)16/h2,4-5,7H,1,3,6H2. The number of non-ortho nitro benzene ring substituents is 1. The maximum atomic E-state index is 11.3. The maximum absolute atomic E-state index is 11.3. The first-order valence-corrected chi connectivity index (χ1v) is 7.14. The molecule has 1 aromatic rings. The Bertz CT molecular complexity index is 570. The topological polar surface area (TPSA) is 86.5 Å². The van der Waals surface area contributed by atoms with E-state index in [4.69, 9.17) is 15.4 Å². The summed E-state index contributed by atoms with van der Waals surface area (Å²) in [5, 5.41) is 10.6. The molecule has 18 heavy (non-hydrogen) atoms. The molecule has 0 saturated heterocycles. The van der Waals surface area contributed by atoms with E-state index < -0.39 is 18.9 Å². The molecule has 0 N–H and O–H groups in total. The van der Waals surface area contributed by atoms with Crippen LogP contribution in [-0.4, -0.2) is 19.9 Å². The molecule has 6 nitrogen and oxygen atoms in total. The first-order valence-electron chi connectivity index (χ1n) is 4.83. The van der Waals surface area contributed by atoms with Crippen molar-refractivity contribution in [1.82, 2.24) is 0 Å². The molecule has 0 aliphatic heterocycles. The van der Waals surface area contributed by atoms with E-state index in [0.717, 1.165) is 12.1 Å². The quantitative estimate of drug-likeness (QED) is 0.264. The van der Waals surface area contributed by atoms with Crippen LogP contribution in [0.5, 0.6) is 5.75 Å². The second kappa shape index (κ2) is 5.83. The molecule has 0 bridgehead atoms. The molecule has 0 saturated carbocycles. The van der Waals surface area contributed by atoms with E-state index in [1.165, 1.54) is 6.07 Å². The van der Waals surface area contributed by atoms with Gasteiger partial charge in [-0.05, 0) is 12.5 Å². The molecule has 0 fully saturated rings. The molecule has 0 radical (unpaired) electrons. The first kappa shape index (κ1) is 14.5. The molecule has 98 valence electrons. The maximum Gasteiger partial charge on any atom is 0.271 e. The molecule has 8 heteroatoms. The van der Waals surface area contributed by atoms with Crippen LogP contribution in [0.15, 0.2) is 35.7 Å². The zero-order chi connectivity index (χ0) is 13.8. The zero-order valence-corrected chi connectivity index (χ0v) is 10.8. The molecule has 0 aliphatic rings. The molecule has 0 spiro atoms. The van der Waals surface area contributed by atoms with Gasteiger partial charge < -0.3 is 4.74 Å². The van der Waals surface area contributed by atoms with E-state index >= 15 is 0 Å². The lowest BCUT2D eigenvalue weighted by molar-refractivity contribution is -0.385. The van der Waals surface area contributed by atoms with Crippen LogP contribution < -0.4 is 4.74 Å². The number of halogens is 1. The molecular formula is C10H10ClNO5S. The average Bonchev–Trinajstić information content (AvgIpc) is 2.28. The van der Waals surface area contributed by atoms with Crippen LogP contribution in [0.2, 0.25) is 0 Å². The average molecular weight is 292 g/mol. The monoisotopic (exact) mass is 291 g/mol. The Morgan fingerprint density at radius 1 is 1.50 bits per heavy atom. The Kier molecular flexibility index (Phi) is 4.69. The lowest BCUT2D eigenvalue weighted by atomic mass is 10.3. The summed E-state index contributed by atoms with van der Waals surface area (Å²) in [6, 6.07) is 3.22. The lowest BCUT2D eigenvalue weighted by Gasteiger charge is -2.08. The highest BCUT2D eigenvalue weighted by Crippen LogP contribution is 2.30. The predicted molar refractivity (Wildman–Crippen MR) is 66.4 cm³/mol. The van der Waals surface area contributed by atoms with Gasteiger partial charge in [0.05, 0.1) is 11.5 Å². The van der Waals surface area contributed by atoms with Crippen LogP contribution in [0.3, 0.4) is 0 Å². The van der Waals surface area contributed by atoms with E-state index in [-0.39, 0.29) is 18.0 Å². The van der Waals surface area contributed by atoms with Gasteiger partial charge in [-0.1, -0.05) is 6.08 Å². The smallest absolute Gasteiger partial charge is 0.271 e. The van der Waals surface area contributed by atoms with Gasteiger partial charge >= 0.3 is 0 Å². The van der Waals surface area contributed by atoms with Crippen LogP contribution in [-0.2, 0) is 9.05 Å². The van der Waals surface area contributed by atoms with Crippen molar-refractivity contribution in [1.29, 1.82) is 0 Å². The first-order chi connectivity index (χ1) is 8.36. The number of hydrogen-bond donors (Lipinski definition) is 0. The van der Waals surface area contributed by atoms with E-state index in [1.54, 1.807) is 6.08 Å². The highest BCUT2D eigenvalue weighted by molar-refractivity contribution is 8.13. The van der Waals surface area contributed by atoms with Crippen LogP contribution >= 0.6 is 10.7 Å². The third-order valence-electron chi connectivity index (χ3n) is 1.98. The summed E-state index contributed by atoms with van der Waals surface area (Å²) in [5.74, 6) is -0.0162. The fourth-order valence-corrected chi connectivity index (χ4v) is 2.16. The lowest BCUT2D eigenvalue weighted by Crippen LogP contribution is -2.02. The van der Waals surface area contributed by atoms with Gasteiger partial charge in [-0.3, -0.25) is 10.1 Å². The van der Waals surface area contributed by atoms with Gasteiger partial charge in [0.15, 0.2) is 0 Å². The number of rotatable bonds is 6. The second-order valence-corrected chi connectivity index (χ2v) is 5.79. The second-order valence-electron chi connectivity index (χ2n) is 3.25. The van der Waals surface area contributed by atoms with E-state index in [2.05, 4.69) is 6.58 Å². The predicted octanol–water partition coefficient (Wildman–Crippen LogP) is 2.48. The Morgan fingerprint density at radius 2 is 2.17 bits per heavy atom. The Hall–Kier alpha value is -1.60. The Morgan fingerprint density at radius 3 is 2.67 bits per heavy atom. The third-order valence-corrected chi connectivity index (χ3v) is 3.32.